The van der Waals surface area contributed by atoms with Gasteiger partial charge in [-0.05, 0) is 18.9 Å². The Bertz CT molecular complexity index is 225. The Balaban J connectivity index is 2.53. The summed E-state index contributed by atoms with van der Waals surface area (Å²) in [7, 11) is 0. The van der Waals surface area contributed by atoms with Gasteiger partial charge in [0.2, 0.25) is 0 Å². The molecular weight excluding hydrogens is 265 g/mol. The summed E-state index contributed by atoms with van der Waals surface area (Å²) in [6, 6.07) is 10.3. The molecular formula is C9H12INO. The molecule has 1 aromatic carbocycles. The van der Waals surface area contributed by atoms with Crippen LogP contribution in [0.3, 0.4) is 0 Å². The molecule has 0 aliphatic heterocycles. The van der Waals surface area contributed by atoms with Crippen molar-refractivity contribution < 1.29 is 5.21 Å². The van der Waals surface area contributed by atoms with Gasteiger partial charge in [-0.25, -0.2) is 0 Å². The van der Waals surface area contributed by atoms with Gasteiger partial charge in [-0.1, -0.05) is 30.3 Å². The second-order valence-corrected chi connectivity index (χ2v) is 3.82. The van der Waals surface area contributed by atoms with Gasteiger partial charge in [-0.3, -0.25) is 0 Å². The van der Waals surface area contributed by atoms with Crippen molar-refractivity contribution in [3.05, 3.63) is 35.9 Å². The van der Waals surface area contributed by atoms with E-state index in [1.54, 1.807) is 0 Å². The molecule has 0 saturated carbocycles. The number of halogens is 1. The smallest absolute Gasteiger partial charge is 0.0495 e. The van der Waals surface area contributed by atoms with Gasteiger partial charge in [0.25, 0.3) is 0 Å². The standard InChI is InChI=1S/C9H12INO/c1-8(11(10)12)7-9-5-3-2-4-6-9/h2-6,8,12H,7H2,1H3. The summed E-state index contributed by atoms with van der Waals surface area (Å²) in [4.78, 5) is 0. The van der Waals surface area contributed by atoms with Gasteiger partial charge in [0.05, 0.1) is 0 Å². The highest BCUT2D eigenvalue weighted by Gasteiger charge is 2.07. The maximum Gasteiger partial charge on any atom is 0.0495 e. The Kier molecular flexibility index (Phi) is 3.97. The van der Waals surface area contributed by atoms with Crippen LogP contribution in [0.4, 0.5) is 0 Å². The fourth-order valence-corrected chi connectivity index (χ4v) is 1.23. The Morgan fingerprint density at radius 2 is 2.00 bits per heavy atom. The predicted octanol–water partition coefficient (Wildman–Crippen LogP) is 2.66. The second kappa shape index (κ2) is 4.79. The Labute approximate surface area is 86.7 Å². The topological polar surface area (TPSA) is 23.5 Å². The molecule has 0 aliphatic carbocycles. The average molecular weight is 277 g/mol. The second-order valence-electron chi connectivity index (χ2n) is 2.83. The van der Waals surface area contributed by atoms with E-state index in [2.05, 4.69) is 12.1 Å². The van der Waals surface area contributed by atoms with Crippen molar-refractivity contribution in [2.24, 2.45) is 0 Å². The third kappa shape index (κ3) is 3.08. The Morgan fingerprint density at radius 3 is 2.50 bits per heavy atom. The number of hydrogen-bond acceptors (Lipinski definition) is 2. The molecule has 1 rings (SSSR count). The van der Waals surface area contributed by atoms with E-state index in [1.165, 1.54) is 8.84 Å². The summed E-state index contributed by atoms with van der Waals surface area (Å²) in [6.07, 6.45) is 0.875. The minimum atomic E-state index is 0.160. The molecule has 0 amide bonds. The van der Waals surface area contributed by atoms with Gasteiger partial charge in [0.1, 0.15) is 0 Å². The average Bonchev–Trinajstić information content (AvgIpc) is 2.06. The van der Waals surface area contributed by atoms with E-state index in [0.717, 1.165) is 6.42 Å². The first-order valence-corrected chi connectivity index (χ1v) is 4.84. The molecule has 1 atom stereocenters. The van der Waals surface area contributed by atoms with Crippen LogP contribution in [0.5, 0.6) is 0 Å². The van der Waals surface area contributed by atoms with Crippen molar-refractivity contribution in [3.8, 4) is 0 Å². The van der Waals surface area contributed by atoms with Crippen molar-refractivity contribution in [1.29, 1.82) is 0 Å². The van der Waals surface area contributed by atoms with E-state index >= 15 is 0 Å². The van der Waals surface area contributed by atoms with Crippen molar-refractivity contribution in [2.45, 2.75) is 19.4 Å². The molecule has 3 heteroatoms. The summed E-state index contributed by atoms with van der Waals surface area (Å²) in [5, 5.41) is 9.10. The van der Waals surface area contributed by atoms with Crippen LogP contribution >= 0.6 is 22.9 Å². The largest absolute Gasteiger partial charge is 0.304 e. The molecule has 0 spiro atoms. The summed E-state index contributed by atoms with van der Waals surface area (Å²) >= 11 is 1.88. The van der Waals surface area contributed by atoms with Gasteiger partial charge in [-0.2, -0.15) is 0 Å². The van der Waals surface area contributed by atoms with E-state index in [4.69, 9.17) is 5.21 Å². The lowest BCUT2D eigenvalue weighted by molar-refractivity contribution is 0.00701. The number of benzene rings is 1. The Morgan fingerprint density at radius 1 is 1.42 bits per heavy atom. The minimum Gasteiger partial charge on any atom is -0.304 e. The highest BCUT2D eigenvalue weighted by molar-refractivity contribution is 14.1. The van der Waals surface area contributed by atoms with Gasteiger partial charge in [-0.15, -0.1) is 3.28 Å². The minimum absolute atomic E-state index is 0.160. The van der Waals surface area contributed by atoms with Crippen LogP contribution in [-0.2, 0) is 6.42 Å². The van der Waals surface area contributed by atoms with Crippen molar-refractivity contribution in [1.82, 2.24) is 3.28 Å². The predicted molar refractivity (Wildman–Crippen MR) is 57.3 cm³/mol. The van der Waals surface area contributed by atoms with Gasteiger partial charge < -0.3 is 5.21 Å². The highest BCUT2D eigenvalue weighted by atomic mass is 127. The number of hydrogen-bond donors (Lipinski definition) is 1. The molecule has 1 unspecified atom stereocenters. The number of nitrogens with zero attached hydrogens (tertiary/aromatic N) is 1. The van der Waals surface area contributed by atoms with Crippen LogP contribution in [0.1, 0.15) is 12.5 Å². The highest BCUT2D eigenvalue weighted by Crippen LogP contribution is 2.09. The third-order valence-corrected chi connectivity index (χ3v) is 2.69. The third-order valence-electron chi connectivity index (χ3n) is 1.74. The van der Waals surface area contributed by atoms with Crippen LogP contribution < -0.4 is 0 Å². The van der Waals surface area contributed by atoms with Gasteiger partial charge >= 0.3 is 0 Å². The lowest BCUT2D eigenvalue weighted by Gasteiger charge is -2.15. The summed E-state index contributed by atoms with van der Waals surface area (Å²) in [5.74, 6) is 0. The molecule has 0 fully saturated rings. The molecule has 1 aromatic rings. The molecule has 0 aliphatic rings. The van der Waals surface area contributed by atoms with Crippen LogP contribution in [0, 0.1) is 0 Å². The van der Waals surface area contributed by atoms with E-state index in [1.807, 2.05) is 48.0 Å². The lowest BCUT2D eigenvalue weighted by Crippen LogP contribution is -2.21. The normalized spacial score (nSPS) is 13.3. The number of hydroxylamine groups is 1. The van der Waals surface area contributed by atoms with E-state index < -0.39 is 0 Å². The SMILES string of the molecule is CC(Cc1ccccc1)N(O)I. The molecule has 1 N–H and O–H groups in total. The molecule has 0 radical (unpaired) electrons. The lowest BCUT2D eigenvalue weighted by atomic mass is 10.1. The molecule has 66 valence electrons. The van der Waals surface area contributed by atoms with Gasteiger partial charge in [0.15, 0.2) is 0 Å². The van der Waals surface area contributed by atoms with Crippen LogP contribution in [0.15, 0.2) is 30.3 Å². The maximum atomic E-state index is 9.10. The summed E-state index contributed by atoms with van der Waals surface area (Å²) in [5.41, 5.74) is 1.25. The van der Waals surface area contributed by atoms with E-state index in [9.17, 15) is 0 Å². The fraction of sp³-hybridized carbons (Fsp3) is 0.333. The zero-order valence-corrected chi connectivity index (χ0v) is 9.10. The fourth-order valence-electron chi connectivity index (χ4n) is 1.03. The first kappa shape index (κ1) is 9.95. The van der Waals surface area contributed by atoms with Crippen LogP contribution in [-0.4, -0.2) is 14.5 Å². The maximum absolute atomic E-state index is 9.10. The summed E-state index contributed by atoms with van der Waals surface area (Å²) in [6.45, 7) is 1.99. The molecule has 0 saturated heterocycles. The molecule has 12 heavy (non-hydrogen) atoms. The quantitative estimate of drug-likeness (QED) is 0.521. The monoisotopic (exact) mass is 277 g/mol. The van der Waals surface area contributed by atoms with Crippen molar-refractivity contribution in [3.63, 3.8) is 0 Å². The first-order chi connectivity index (χ1) is 5.70. The summed E-state index contributed by atoms with van der Waals surface area (Å²) < 4.78 is 1.21. The van der Waals surface area contributed by atoms with E-state index in [-0.39, 0.29) is 6.04 Å². The Hall–Kier alpha value is -0.130. The van der Waals surface area contributed by atoms with Crippen LogP contribution in [0.2, 0.25) is 0 Å². The zero-order valence-electron chi connectivity index (χ0n) is 6.94. The molecule has 0 aromatic heterocycles. The molecule has 0 bridgehead atoms. The zero-order chi connectivity index (χ0) is 8.97. The van der Waals surface area contributed by atoms with Crippen molar-refractivity contribution >= 4 is 22.9 Å². The van der Waals surface area contributed by atoms with Gasteiger partial charge in [0, 0.05) is 28.9 Å². The molecule has 0 heterocycles. The molecule has 2 nitrogen and oxygen atoms in total. The van der Waals surface area contributed by atoms with Crippen molar-refractivity contribution in [2.75, 3.05) is 0 Å². The van der Waals surface area contributed by atoms with Crippen LogP contribution in [0.25, 0.3) is 0 Å². The first-order valence-electron chi connectivity index (χ1n) is 3.88. The van der Waals surface area contributed by atoms with E-state index in [0.29, 0.717) is 0 Å². The number of rotatable bonds is 3.